The summed E-state index contributed by atoms with van der Waals surface area (Å²) in [6, 6.07) is 18.3. The van der Waals surface area contributed by atoms with Crippen LogP contribution in [0.15, 0.2) is 72.9 Å². The normalized spacial score (nSPS) is 16.9. The number of benzene rings is 2. The maximum Gasteiger partial charge on any atom is 0.266 e. The Bertz CT molecular complexity index is 2320. The summed E-state index contributed by atoms with van der Waals surface area (Å²) < 4.78 is 20.4. The molecule has 13 heteroatoms. The molecule has 2 N–H and O–H groups in total. The van der Waals surface area contributed by atoms with E-state index in [1.807, 2.05) is 6.07 Å². The number of nitrogens with zero attached hydrogens (tertiary/aromatic N) is 4. The number of pyridine rings is 2. The topological polar surface area (TPSA) is 117 Å². The second kappa shape index (κ2) is 13.9. The number of hydrogen-bond donors (Lipinski definition) is 2. The quantitative estimate of drug-likeness (QED) is 0.181. The number of rotatable bonds is 6. The Morgan fingerprint density at radius 3 is 2.52 bits per heavy atom. The molecule has 0 unspecified atom stereocenters. The summed E-state index contributed by atoms with van der Waals surface area (Å²) in [4.78, 5) is 55.3. The van der Waals surface area contributed by atoms with E-state index in [1.54, 1.807) is 59.6 Å². The number of hydrogen-bond acceptors (Lipinski definition) is 8. The minimum atomic E-state index is -0.478. The predicted molar refractivity (Wildman–Crippen MR) is 208 cm³/mol. The molecule has 9 rings (SSSR count). The Morgan fingerprint density at radius 1 is 0.907 bits per heavy atom. The van der Waals surface area contributed by atoms with Crippen LogP contribution in [0.1, 0.15) is 66.5 Å². The van der Waals surface area contributed by atoms with E-state index in [9.17, 15) is 18.8 Å². The number of nitrogens with one attached hydrogen (secondary N) is 2. The zero-order valence-electron chi connectivity index (χ0n) is 29.3. The number of thiophene rings is 1. The van der Waals surface area contributed by atoms with Crippen molar-refractivity contribution in [2.24, 2.45) is 5.41 Å². The van der Waals surface area contributed by atoms with Gasteiger partial charge in [-0.2, -0.15) is 0 Å². The first-order valence-electron chi connectivity index (χ1n) is 18.2. The van der Waals surface area contributed by atoms with E-state index < -0.39 is 5.82 Å². The van der Waals surface area contributed by atoms with Gasteiger partial charge in [-0.25, -0.2) is 14.4 Å². The van der Waals surface area contributed by atoms with E-state index in [1.165, 1.54) is 23.5 Å². The molecule has 2 fully saturated rings. The lowest BCUT2D eigenvalue weighted by Crippen LogP contribution is -2.59. The molecule has 274 valence electrons. The maximum atomic E-state index is 14.8. The molecule has 1 aliphatic carbocycles. The van der Waals surface area contributed by atoms with Crippen molar-refractivity contribution in [3.05, 3.63) is 117 Å². The van der Waals surface area contributed by atoms with Crippen LogP contribution in [0, 0.1) is 11.2 Å². The highest BCUT2D eigenvalue weighted by Gasteiger charge is 2.45. The average molecular weight is 763 g/mol. The van der Waals surface area contributed by atoms with Crippen LogP contribution in [0.3, 0.4) is 0 Å². The monoisotopic (exact) mass is 762 g/mol. The van der Waals surface area contributed by atoms with Gasteiger partial charge in [0.1, 0.15) is 11.6 Å². The van der Waals surface area contributed by atoms with Gasteiger partial charge in [-0.1, -0.05) is 11.6 Å². The van der Waals surface area contributed by atoms with Gasteiger partial charge in [0.15, 0.2) is 5.82 Å². The van der Waals surface area contributed by atoms with E-state index >= 15 is 0 Å². The number of aromatic nitrogens is 2. The highest BCUT2D eigenvalue weighted by atomic mass is 35.5. The lowest BCUT2D eigenvalue weighted by molar-refractivity contribution is -0.000521. The summed E-state index contributed by atoms with van der Waals surface area (Å²) in [5, 5.41) is 6.13. The Morgan fingerprint density at radius 2 is 1.72 bits per heavy atom. The van der Waals surface area contributed by atoms with Crippen LogP contribution in [0.2, 0.25) is 5.02 Å². The summed E-state index contributed by atoms with van der Waals surface area (Å²) in [6.45, 7) is 3.56. The maximum absolute atomic E-state index is 14.8. The molecule has 3 amide bonds. The predicted octanol–water partition coefficient (Wildman–Crippen LogP) is 7.81. The van der Waals surface area contributed by atoms with Crippen molar-refractivity contribution in [1.82, 2.24) is 9.97 Å². The summed E-state index contributed by atoms with van der Waals surface area (Å²) in [7, 11) is 0. The third-order valence-electron chi connectivity index (χ3n) is 10.9. The van der Waals surface area contributed by atoms with Crippen molar-refractivity contribution in [2.45, 2.75) is 38.5 Å². The Kier molecular flexibility index (Phi) is 8.91. The number of aryl methyl sites for hydroxylation is 2. The van der Waals surface area contributed by atoms with Gasteiger partial charge in [0.05, 0.1) is 21.2 Å². The Labute approximate surface area is 320 Å². The second-order valence-corrected chi connectivity index (χ2v) is 15.9. The molecule has 3 aromatic heterocycles. The van der Waals surface area contributed by atoms with E-state index in [-0.39, 0.29) is 35.5 Å². The zero-order valence-corrected chi connectivity index (χ0v) is 30.9. The van der Waals surface area contributed by atoms with Gasteiger partial charge in [0.25, 0.3) is 17.7 Å². The Hall–Kier alpha value is -5.17. The summed E-state index contributed by atoms with van der Waals surface area (Å²) in [6.07, 6.45) is 6.91. The van der Waals surface area contributed by atoms with Crippen molar-refractivity contribution in [3.63, 3.8) is 0 Å². The van der Waals surface area contributed by atoms with Crippen molar-refractivity contribution in [2.75, 3.05) is 53.3 Å². The molecule has 0 bridgehead atoms. The molecule has 2 aromatic carbocycles. The molecule has 54 heavy (non-hydrogen) atoms. The van der Waals surface area contributed by atoms with Crippen molar-refractivity contribution in [1.29, 1.82) is 0 Å². The first-order valence-corrected chi connectivity index (χ1v) is 19.4. The van der Waals surface area contributed by atoms with Crippen LogP contribution in [0.25, 0.3) is 10.4 Å². The third kappa shape index (κ3) is 6.41. The zero-order chi connectivity index (χ0) is 37.0. The molecule has 0 saturated carbocycles. The van der Waals surface area contributed by atoms with E-state index in [0.717, 1.165) is 85.9 Å². The molecule has 0 atom stereocenters. The summed E-state index contributed by atoms with van der Waals surface area (Å²) in [5.41, 5.74) is 5.90. The standard InChI is InChI=1S/C41H36ClFN6O4S/c42-31-4-2-15-44-36(31)47-39(51)34-20-26-12-16-49(33-21-27(43)8-11-29(33)35(26)54-34)40(52)24-6-9-28(10-7-24)45-38(50)30-19-25-3-1-5-32(25)46-37(30)48-22-41(23-48)13-17-53-18-14-41/h2,4,6-11,15,19-21H,1,3,5,12-14,16-18,22-23H2,(H,45,50)(H,44,47,51). The van der Waals surface area contributed by atoms with Crippen molar-refractivity contribution >= 4 is 63.7 Å². The fourth-order valence-corrected chi connectivity index (χ4v) is 9.35. The number of fused-ring (bicyclic) bond motifs is 4. The number of halogens is 2. The molecule has 0 radical (unpaired) electrons. The van der Waals surface area contributed by atoms with Gasteiger partial charge in [-0.05, 0) is 116 Å². The van der Waals surface area contributed by atoms with E-state index in [2.05, 4.69) is 20.5 Å². The van der Waals surface area contributed by atoms with Crippen LogP contribution >= 0.6 is 22.9 Å². The first kappa shape index (κ1) is 34.6. The molecule has 3 aliphatic heterocycles. The second-order valence-electron chi connectivity index (χ2n) is 14.4. The van der Waals surface area contributed by atoms with Crippen LogP contribution in [0.4, 0.5) is 27.4 Å². The Balaban J connectivity index is 0.929. The number of carbonyl (C=O) groups excluding carboxylic acids is 3. The summed E-state index contributed by atoms with van der Waals surface area (Å²) in [5.74, 6) is -0.374. The minimum absolute atomic E-state index is 0.232. The SMILES string of the molecule is O=C(Nc1ncccc1Cl)c1cc2c(s1)-c1ccc(F)cc1N(C(=O)c1ccc(NC(=O)c3cc4c(nc3N3CC5(CCOCC5)C3)CCC4)cc1)CC2. The largest absolute Gasteiger partial charge is 0.381 e. The molecule has 4 aliphatic rings. The van der Waals surface area contributed by atoms with Gasteiger partial charge in [0, 0.05) is 71.8 Å². The molecular formula is C41H36ClFN6O4S. The lowest BCUT2D eigenvalue weighted by Gasteiger charge is -2.53. The highest BCUT2D eigenvalue weighted by molar-refractivity contribution is 7.17. The first-order chi connectivity index (χ1) is 26.2. The van der Waals surface area contributed by atoms with E-state index in [0.29, 0.717) is 44.4 Å². The fraction of sp³-hybridized carbons (Fsp3) is 0.293. The fourth-order valence-electron chi connectivity index (χ4n) is 8.04. The average Bonchev–Trinajstić information content (AvgIpc) is 3.79. The van der Waals surface area contributed by atoms with Gasteiger partial charge in [0.2, 0.25) is 0 Å². The smallest absolute Gasteiger partial charge is 0.266 e. The molecule has 2 saturated heterocycles. The molecule has 10 nitrogen and oxygen atoms in total. The van der Waals surface area contributed by atoms with Crippen molar-refractivity contribution in [3.8, 4) is 10.4 Å². The lowest BCUT2D eigenvalue weighted by atomic mass is 9.73. The van der Waals surface area contributed by atoms with Crippen LogP contribution in [0.5, 0.6) is 0 Å². The van der Waals surface area contributed by atoms with Crippen molar-refractivity contribution < 1.29 is 23.5 Å². The molecule has 1 spiro atoms. The van der Waals surface area contributed by atoms with Crippen LogP contribution < -0.4 is 20.4 Å². The number of anilines is 4. The van der Waals surface area contributed by atoms with Gasteiger partial charge in [-0.3, -0.25) is 14.4 Å². The van der Waals surface area contributed by atoms with Crippen LogP contribution in [-0.2, 0) is 24.0 Å². The molecule has 6 heterocycles. The van der Waals surface area contributed by atoms with Crippen LogP contribution in [-0.4, -0.2) is 60.5 Å². The van der Waals surface area contributed by atoms with E-state index in [4.69, 9.17) is 21.3 Å². The third-order valence-corrected chi connectivity index (χ3v) is 12.5. The van der Waals surface area contributed by atoms with Gasteiger partial charge < -0.3 is 25.2 Å². The number of ether oxygens (including phenoxy) is 1. The van der Waals surface area contributed by atoms with Gasteiger partial charge in [-0.15, -0.1) is 11.3 Å². The molecule has 5 aromatic rings. The number of carbonyl (C=O) groups is 3. The molecular weight excluding hydrogens is 727 g/mol. The van der Waals surface area contributed by atoms with Gasteiger partial charge >= 0.3 is 0 Å². The summed E-state index contributed by atoms with van der Waals surface area (Å²) >= 11 is 7.47. The minimum Gasteiger partial charge on any atom is -0.381 e. The highest BCUT2D eigenvalue weighted by Crippen LogP contribution is 2.44. The number of amides is 3.